The molecule has 0 spiro atoms. The largest absolute Gasteiger partial charge is 0.480 e. The minimum Gasteiger partial charge on any atom is -0.480 e. The Labute approximate surface area is 121 Å². The van der Waals surface area contributed by atoms with E-state index in [1.165, 1.54) is 11.1 Å². The fourth-order valence-corrected chi connectivity index (χ4v) is 2.67. The van der Waals surface area contributed by atoms with Gasteiger partial charge in [0, 0.05) is 24.8 Å². The van der Waals surface area contributed by atoms with E-state index >= 15 is 0 Å². The van der Waals surface area contributed by atoms with Gasteiger partial charge in [-0.3, -0.25) is 14.4 Å². The van der Waals surface area contributed by atoms with Crippen LogP contribution in [0.25, 0.3) is 0 Å². The average Bonchev–Trinajstić information content (AvgIpc) is 3.00. The van der Waals surface area contributed by atoms with Crippen LogP contribution in [0.2, 0.25) is 0 Å². The van der Waals surface area contributed by atoms with E-state index in [9.17, 15) is 14.7 Å². The predicted molar refractivity (Wildman–Crippen MR) is 76.3 cm³/mol. The van der Waals surface area contributed by atoms with Crippen molar-refractivity contribution < 1.29 is 14.7 Å². The number of benzene rings is 1. The van der Waals surface area contributed by atoms with Crippen LogP contribution < -0.4 is 4.90 Å². The topological polar surface area (TPSA) is 75.4 Å². The minimum absolute atomic E-state index is 0.321. The normalized spacial score (nSPS) is 16.9. The molecule has 0 fully saturated rings. The molecule has 1 aromatic heterocycles. The molecule has 6 nitrogen and oxygen atoms in total. The SMILES string of the molecule is Cc1c(C(=O)N2c3ccccc3CC2C(=O)O)cnn1C. The molecule has 1 N–H and O–H groups in total. The van der Waals surface area contributed by atoms with E-state index in [4.69, 9.17) is 0 Å². The number of aromatic nitrogens is 2. The summed E-state index contributed by atoms with van der Waals surface area (Å²) in [5.41, 5.74) is 2.69. The Morgan fingerprint density at radius 3 is 2.67 bits per heavy atom. The van der Waals surface area contributed by atoms with Gasteiger partial charge in [0.25, 0.3) is 5.91 Å². The maximum atomic E-state index is 12.8. The number of carboxylic acids is 1. The van der Waals surface area contributed by atoms with Gasteiger partial charge in [0.05, 0.1) is 11.8 Å². The van der Waals surface area contributed by atoms with Crippen molar-refractivity contribution in [2.24, 2.45) is 7.05 Å². The van der Waals surface area contributed by atoms with E-state index in [1.54, 1.807) is 30.8 Å². The lowest BCUT2D eigenvalue weighted by Crippen LogP contribution is -2.43. The van der Waals surface area contributed by atoms with Crippen LogP contribution in [0.3, 0.4) is 0 Å². The van der Waals surface area contributed by atoms with Crippen molar-refractivity contribution in [1.29, 1.82) is 0 Å². The second-order valence-electron chi connectivity index (χ2n) is 5.13. The first-order valence-electron chi connectivity index (χ1n) is 6.63. The monoisotopic (exact) mass is 285 g/mol. The number of carbonyl (C=O) groups excluding carboxylic acids is 1. The van der Waals surface area contributed by atoms with E-state index in [1.807, 2.05) is 12.1 Å². The molecule has 0 bridgehead atoms. The van der Waals surface area contributed by atoms with Gasteiger partial charge in [-0.05, 0) is 18.6 Å². The molecule has 1 aliphatic rings. The quantitative estimate of drug-likeness (QED) is 0.904. The summed E-state index contributed by atoms with van der Waals surface area (Å²) in [6.07, 6.45) is 1.81. The summed E-state index contributed by atoms with van der Waals surface area (Å²) in [5, 5.41) is 13.5. The van der Waals surface area contributed by atoms with Gasteiger partial charge in [0.15, 0.2) is 0 Å². The van der Waals surface area contributed by atoms with Crippen molar-refractivity contribution in [2.45, 2.75) is 19.4 Å². The van der Waals surface area contributed by atoms with E-state index in [2.05, 4.69) is 5.10 Å². The summed E-state index contributed by atoms with van der Waals surface area (Å²) < 4.78 is 1.60. The number of nitrogens with zero attached hydrogens (tertiary/aromatic N) is 3. The lowest BCUT2D eigenvalue weighted by Gasteiger charge is -2.22. The van der Waals surface area contributed by atoms with Crippen molar-refractivity contribution in [3.8, 4) is 0 Å². The Balaban J connectivity index is 2.08. The number of carboxylic acid groups (broad SMARTS) is 1. The fraction of sp³-hybridized carbons (Fsp3) is 0.267. The average molecular weight is 285 g/mol. The molecule has 1 aromatic carbocycles. The number of carbonyl (C=O) groups is 2. The van der Waals surface area contributed by atoms with E-state index in [0.29, 0.717) is 23.4 Å². The maximum absolute atomic E-state index is 12.8. The number of aryl methyl sites for hydroxylation is 1. The molecule has 1 unspecified atom stereocenters. The van der Waals surface area contributed by atoms with Crippen molar-refractivity contribution in [2.75, 3.05) is 4.90 Å². The highest BCUT2D eigenvalue weighted by Gasteiger charge is 2.39. The fourth-order valence-electron chi connectivity index (χ4n) is 2.67. The van der Waals surface area contributed by atoms with Gasteiger partial charge in [-0.2, -0.15) is 5.10 Å². The van der Waals surface area contributed by atoms with Crippen LogP contribution in [-0.2, 0) is 18.3 Å². The van der Waals surface area contributed by atoms with E-state index in [0.717, 1.165) is 5.56 Å². The first-order chi connectivity index (χ1) is 10.0. The number of rotatable bonds is 2. The highest BCUT2D eigenvalue weighted by Crippen LogP contribution is 2.33. The standard InChI is InChI=1S/C15H15N3O3/c1-9-11(8-16-17(9)2)14(19)18-12-6-4-3-5-10(12)7-13(18)15(20)21/h3-6,8,13H,7H2,1-2H3,(H,20,21). The zero-order valence-electron chi connectivity index (χ0n) is 11.8. The third-order valence-corrected chi connectivity index (χ3v) is 3.95. The van der Waals surface area contributed by atoms with Crippen LogP contribution in [0, 0.1) is 6.92 Å². The van der Waals surface area contributed by atoms with Crippen LogP contribution in [0.4, 0.5) is 5.69 Å². The Hall–Kier alpha value is -2.63. The van der Waals surface area contributed by atoms with Gasteiger partial charge in [0.1, 0.15) is 6.04 Å². The summed E-state index contributed by atoms with van der Waals surface area (Å²) in [5.74, 6) is -1.32. The summed E-state index contributed by atoms with van der Waals surface area (Å²) in [4.78, 5) is 25.6. The van der Waals surface area contributed by atoms with E-state index in [-0.39, 0.29) is 5.91 Å². The van der Waals surface area contributed by atoms with Gasteiger partial charge in [-0.1, -0.05) is 18.2 Å². The number of fused-ring (bicyclic) bond motifs is 1. The van der Waals surface area contributed by atoms with Crippen LogP contribution in [0.15, 0.2) is 30.5 Å². The molecule has 1 amide bonds. The Morgan fingerprint density at radius 2 is 2.05 bits per heavy atom. The third kappa shape index (κ3) is 1.99. The molecule has 21 heavy (non-hydrogen) atoms. The van der Waals surface area contributed by atoms with Crippen molar-refractivity contribution in [3.05, 3.63) is 47.3 Å². The van der Waals surface area contributed by atoms with Crippen molar-refractivity contribution in [3.63, 3.8) is 0 Å². The summed E-state index contributed by atoms with van der Waals surface area (Å²) >= 11 is 0. The molecule has 1 atom stereocenters. The molecule has 0 saturated heterocycles. The zero-order chi connectivity index (χ0) is 15.1. The van der Waals surface area contributed by atoms with Crippen LogP contribution in [-0.4, -0.2) is 32.8 Å². The number of anilines is 1. The molecule has 108 valence electrons. The molecular formula is C15H15N3O3. The van der Waals surface area contributed by atoms with Gasteiger partial charge >= 0.3 is 5.97 Å². The van der Waals surface area contributed by atoms with Gasteiger partial charge < -0.3 is 5.11 Å². The molecule has 0 saturated carbocycles. The molecule has 6 heteroatoms. The van der Waals surface area contributed by atoms with E-state index < -0.39 is 12.0 Å². The summed E-state index contributed by atoms with van der Waals surface area (Å²) in [6, 6.07) is 6.42. The van der Waals surface area contributed by atoms with Gasteiger partial charge in [-0.15, -0.1) is 0 Å². The second kappa shape index (κ2) is 4.73. The second-order valence-corrected chi connectivity index (χ2v) is 5.13. The predicted octanol–water partition coefficient (Wildman–Crippen LogP) is 1.38. The highest BCUT2D eigenvalue weighted by molar-refractivity contribution is 6.11. The molecule has 2 aromatic rings. The maximum Gasteiger partial charge on any atom is 0.327 e. The number of amides is 1. The Bertz CT molecular complexity index is 736. The molecular weight excluding hydrogens is 270 g/mol. The number of hydrogen-bond donors (Lipinski definition) is 1. The summed E-state index contributed by atoms with van der Waals surface area (Å²) in [6.45, 7) is 1.79. The third-order valence-electron chi connectivity index (χ3n) is 3.95. The zero-order valence-corrected chi connectivity index (χ0v) is 11.8. The first-order valence-corrected chi connectivity index (χ1v) is 6.63. The molecule has 2 heterocycles. The summed E-state index contributed by atoms with van der Waals surface area (Å²) in [7, 11) is 1.75. The van der Waals surface area contributed by atoms with Gasteiger partial charge in [-0.25, -0.2) is 4.79 Å². The van der Waals surface area contributed by atoms with Crippen molar-refractivity contribution in [1.82, 2.24) is 9.78 Å². The lowest BCUT2D eigenvalue weighted by molar-refractivity contribution is -0.138. The first kappa shape index (κ1) is 13.4. The number of para-hydroxylation sites is 1. The van der Waals surface area contributed by atoms with Crippen LogP contribution >= 0.6 is 0 Å². The molecule has 1 aliphatic heterocycles. The molecule has 3 rings (SSSR count). The number of aliphatic carboxylic acids is 1. The number of hydrogen-bond acceptors (Lipinski definition) is 3. The van der Waals surface area contributed by atoms with Crippen LogP contribution in [0.1, 0.15) is 21.6 Å². The molecule has 0 radical (unpaired) electrons. The minimum atomic E-state index is -0.999. The lowest BCUT2D eigenvalue weighted by atomic mass is 10.1. The smallest absolute Gasteiger partial charge is 0.327 e. The van der Waals surface area contributed by atoms with Gasteiger partial charge in [0.2, 0.25) is 0 Å². The Morgan fingerprint density at radius 1 is 1.33 bits per heavy atom. The molecule has 0 aliphatic carbocycles. The van der Waals surface area contributed by atoms with Crippen LogP contribution in [0.5, 0.6) is 0 Å². The Kier molecular flexibility index (Phi) is 3.01. The van der Waals surface area contributed by atoms with Crippen molar-refractivity contribution >= 4 is 17.6 Å². The highest BCUT2D eigenvalue weighted by atomic mass is 16.4.